The van der Waals surface area contributed by atoms with E-state index in [1.165, 1.54) is 49.5 Å². The van der Waals surface area contributed by atoms with Gasteiger partial charge in [0.2, 0.25) is 0 Å². The molecule has 156 valence electrons. The Morgan fingerprint density at radius 3 is 2.26 bits per heavy atom. The highest BCUT2D eigenvalue weighted by atomic mass is 28.3. The fourth-order valence-corrected chi connectivity index (χ4v) is 6.80. The first-order valence-electron chi connectivity index (χ1n) is 11.5. The Balaban J connectivity index is 1.84. The van der Waals surface area contributed by atoms with E-state index < -0.39 is 8.07 Å². The fraction of sp³-hybridized carbons (Fsp3) is 0.276. The van der Waals surface area contributed by atoms with E-state index in [1.54, 1.807) is 0 Å². The Kier molecular flexibility index (Phi) is 4.67. The van der Waals surface area contributed by atoms with Crippen molar-refractivity contribution in [2.75, 3.05) is 0 Å². The highest BCUT2D eigenvalue weighted by Gasteiger charge is 2.44. The highest BCUT2D eigenvalue weighted by Crippen LogP contribution is 2.56. The Labute approximate surface area is 187 Å². The zero-order valence-corrected chi connectivity index (χ0v) is 20.3. The average Bonchev–Trinajstić information content (AvgIpc) is 3.09. The SMILES string of the molecule is CCC1(CC)c2c(ccnc2-c2cccc([Si](C)(C)C)c2)-c2ccc3ccccc3c21. The minimum atomic E-state index is -1.40. The monoisotopic (exact) mass is 421 g/mol. The highest BCUT2D eigenvalue weighted by molar-refractivity contribution is 6.88. The maximum Gasteiger partial charge on any atom is 0.0776 e. The van der Waals surface area contributed by atoms with Crippen LogP contribution in [0.4, 0.5) is 0 Å². The number of rotatable bonds is 4. The maximum absolute atomic E-state index is 5.01. The van der Waals surface area contributed by atoms with E-state index in [0.29, 0.717) is 0 Å². The Bertz CT molecular complexity index is 1290. The van der Waals surface area contributed by atoms with Crippen LogP contribution < -0.4 is 5.19 Å². The molecule has 0 bridgehead atoms. The van der Waals surface area contributed by atoms with Gasteiger partial charge < -0.3 is 0 Å². The number of nitrogens with zero attached hydrogens (tertiary/aromatic N) is 1. The standard InChI is InChI=1S/C29H31NSi/c1-6-29(7-2)26-23-14-9-8-11-20(23)15-16-24(26)25-17-18-30-28(27(25)29)21-12-10-13-22(19-21)31(3,4)5/h8-19H,6-7H2,1-5H3. The first-order valence-corrected chi connectivity index (χ1v) is 15.0. The Hall–Kier alpha value is -2.71. The molecule has 0 radical (unpaired) electrons. The Morgan fingerprint density at radius 1 is 0.774 bits per heavy atom. The van der Waals surface area contributed by atoms with E-state index in [2.05, 4.69) is 100 Å². The zero-order valence-electron chi connectivity index (χ0n) is 19.3. The lowest BCUT2D eigenvalue weighted by Crippen LogP contribution is -2.37. The molecule has 1 nitrogen and oxygen atoms in total. The molecule has 0 fully saturated rings. The van der Waals surface area contributed by atoms with Gasteiger partial charge in [0.05, 0.1) is 13.8 Å². The van der Waals surface area contributed by atoms with Gasteiger partial charge in [-0.25, -0.2) is 0 Å². The van der Waals surface area contributed by atoms with Gasteiger partial charge in [0.25, 0.3) is 0 Å². The summed E-state index contributed by atoms with van der Waals surface area (Å²) in [6, 6.07) is 24.9. The van der Waals surface area contributed by atoms with Crippen LogP contribution in [-0.4, -0.2) is 13.1 Å². The van der Waals surface area contributed by atoms with Crippen molar-refractivity contribution in [1.29, 1.82) is 0 Å². The van der Waals surface area contributed by atoms with E-state index in [0.717, 1.165) is 12.8 Å². The first kappa shape index (κ1) is 20.2. The van der Waals surface area contributed by atoms with Crippen LogP contribution in [0.25, 0.3) is 33.2 Å². The topological polar surface area (TPSA) is 12.9 Å². The molecule has 0 spiro atoms. The van der Waals surface area contributed by atoms with Gasteiger partial charge in [0.1, 0.15) is 0 Å². The summed E-state index contributed by atoms with van der Waals surface area (Å²) in [4.78, 5) is 5.01. The molecule has 1 heterocycles. The molecule has 0 unspecified atom stereocenters. The number of aromatic nitrogens is 1. The van der Waals surface area contributed by atoms with Crippen LogP contribution in [0.1, 0.15) is 37.8 Å². The summed E-state index contributed by atoms with van der Waals surface area (Å²) in [5.41, 5.74) is 8.11. The van der Waals surface area contributed by atoms with Crippen LogP contribution in [-0.2, 0) is 5.41 Å². The predicted molar refractivity (Wildman–Crippen MR) is 137 cm³/mol. The molecule has 1 aromatic heterocycles. The number of hydrogen-bond acceptors (Lipinski definition) is 1. The molecule has 4 aromatic rings. The van der Waals surface area contributed by atoms with Gasteiger partial charge in [-0.15, -0.1) is 0 Å². The second-order valence-corrected chi connectivity index (χ2v) is 15.0. The van der Waals surface area contributed by atoms with Crippen LogP contribution in [0.5, 0.6) is 0 Å². The van der Waals surface area contributed by atoms with Crippen LogP contribution >= 0.6 is 0 Å². The molecule has 0 atom stereocenters. The lowest BCUT2D eigenvalue weighted by molar-refractivity contribution is 0.494. The molecule has 0 amide bonds. The smallest absolute Gasteiger partial charge is 0.0776 e. The number of benzene rings is 3. The quantitative estimate of drug-likeness (QED) is 0.310. The van der Waals surface area contributed by atoms with Crippen LogP contribution in [0.3, 0.4) is 0 Å². The summed E-state index contributed by atoms with van der Waals surface area (Å²) >= 11 is 0. The minimum Gasteiger partial charge on any atom is -0.256 e. The van der Waals surface area contributed by atoms with Gasteiger partial charge >= 0.3 is 0 Å². The molecule has 5 rings (SSSR count). The summed E-state index contributed by atoms with van der Waals surface area (Å²) in [7, 11) is -1.40. The van der Waals surface area contributed by atoms with Gasteiger partial charge in [-0.3, -0.25) is 4.98 Å². The van der Waals surface area contributed by atoms with Crippen LogP contribution in [0, 0.1) is 0 Å². The summed E-state index contributed by atoms with van der Waals surface area (Å²) < 4.78 is 0. The van der Waals surface area contributed by atoms with Crippen molar-refractivity contribution in [3.05, 3.63) is 84.1 Å². The number of fused-ring (bicyclic) bond motifs is 5. The van der Waals surface area contributed by atoms with Crippen LogP contribution in [0.15, 0.2) is 72.9 Å². The maximum atomic E-state index is 5.01. The third-order valence-corrected chi connectivity index (χ3v) is 9.38. The number of hydrogen-bond donors (Lipinski definition) is 0. The zero-order chi connectivity index (χ0) is 21.8. The fourth-order valence-electron chi connectivity index (χ4n) is 5.62. The van der Waals surface area contributed by atoms with Crippen molar-refractivity contribution in [3.8, 4) is 22.4 Å². The molecule has 0 aliphatic heterocycles. The molecule has 1 aliphatic rings. The van der Waals surface area contributed by atoms with Crippen molar-refractivity contribution in [2.45, 2.75) is 51.7 Å². The molecular weight excluding hydrogens is 390 g/mol. The van der Waals surface area contributed by atoms with Crippen molar-refractivity contribution in [1.82, 2.24) is 4.98 Å². The predicted octanol–water partition coefficient (Wildman–Crippen LogP) is 7.53. The summed E-state index contributed by atoms with van der Waals surface area (Å²) in [5, 5.41) is 4.21. The van der Waals surface area contributed by atoms with E-state index in [4.69, 9.17) is 4.98 Å². The van der Waals surface area contributed by atoms with Gasteiger partial charge in [-0.05, 0) is 51.9 Å². The van der Waals surface area contributed by atoms with Crippen molar-refractivity contribution in [3.63, 3.8) is 0 Å². The van der Waals surface area contributed by atoms with Gasteiger partial charge in [0.15, 0.2) is 0 Å². The normalized spacial score (nSPS) is 14.5. The van der Waals surface area contributed by atoms with Crippen molar-refractivity contribution < 1.29 is 0 Å². The summed E-state index contributed by atoms with van der Waals surface area (Å²) in [6.45, 7) is 11.9. The van der Waals surface area contributed by atoms with Crippen LogP contribution in [0.2, 0.25) is 19.6 Å². The van der Waals surface area contributed by atoms with Crippen molar-refractivity contribution >= 4 is 24.0 Å². The second kappa shape index (κ2) is 7.17. The van der Waals surface area contributed by atoms with E-state index >= 15 is 0 Å². The Morgan fingerprint density at radius 2 is 1.52 bits per heavy atom. The molecule has 0 saturated carbocycles. The molecule has 0 N–H and O–H groups in total. The lowest BCUT2D eigenvalue weighted by atomic mass is 9.71. The molecule has 31 heavy (non-hydrogen) atoms. The van der Waals surface area contributed by atoms with Crippen molar-refractivity contribution in [2.24, 2.45) is 0 Å². The molecule has 2 heteroatoms. The summed E-state index contributed by atoms with van der Waals surface area (Å²) in [5.74, 6) is 0. The van der Waals surface area contributed by atoms with E-state index in [-0.39, 0.29) is 5.41 Å². The summed E-state index contributed by atoms with van der Waals surface area (Å²) in [6.07, 6.45) is 4.16. The first-order chi connectivity index (χ1) is 14.9. The van der Waals surface area contributed by atoms with Gasteiger partial charge in [0, 0.05) is 17.2 Å². The third kappa shape index (κ3) is 2.92. The molecule has 3 aromatic carbocycles. The lowest BCUT2D eigenvalue weighted by Gasteiger charge is -2.32. The molecule has 0 saturated heterocycles. The van der Waals surface area contributed by atoms with E-state index in [1.807, 2.05) is 6.20 Å². The largest absolute Gasteiger partial charge is 0.256 e. The van der Waals surface area contributed by atoms with Gasteiger partial charge in [-0.2, -0.15) is 0 Å². The van der Waals surface area contributed by atoms with E-state index in [9.17, 15) is 0 Å². The van der Waals surface area contributed by atoms with Gasteiger partial charge in [-0.1, -0.05) is 99.3 Å². The second-order valence-electron chi connectivity index (χ2n) is 9.91. The molecule has 1 aliphatic carbocycles. The minimum absolute atomic E-state index is 0.00963. The number of pyridine rings is 1. The third-order valence-electron chi connectivity index (χ3n) is 7.34. The molecular formula is C29H31NSi. The average molecular weight is 422 g/mol.